The SMILES string of the molecule is CC/C=C/C1(C)C=CC=C(c2ccc(C3=NCCN3)cc2)C=C1. The zero-order valence-corrected chi connectivity index (χ0v) is 13.9. The number of allylic oxidation sites excluding steroid dienone is 8. The molecule has 3 rings (SSSR count). The molecule has 1 heterocycles. The first-order valence-corrected chi connectivity index (χ1v) is 8.36. The van der Waals surface area contributed by atoms with E-state index in [4.69, 9.17) is 0 Å². The fourth-order valence-corrected chi connectivity index (χ4v) is 2.83. The Labute approximate surface area is 139 Å². The van der Waals surface area contributed by atoms with Crippen molar-refractivity contribution >= 4 is 11.4 Å². The van der Waals surface area contributed by atoms with E-state index < -0.39 is 0 Å². The lowest BCUT2D eigenvalue weighted by atomic mass is 9.89. The molecule has 0 spiro atoms. The summed E-state index contributed by atoms with van der Waals surface area (Å²) in [7, 11) is 0. The van der Waals surface area contributed by atoms with Crippen molar-refractivity contribution in [1.82, 2.24) is 5.32 Å². The highest BCUT2D eigenvalue weighted by atomic mass is 15.1. The minimum Gasteiger partial charge on any atom is -0.368 e. The lowest BCUT2D eigenvalue weighted by Crippen LogP contribution is -2.19. The Bertz CT molecular complexity index is 702. The summed E-state index contributed by atoms with van der Waals surface area (Å²) < 4.78 is 0. The molecule has 1 aromatic carbocycles. The quantitative estimate of drug-likeness (QED) is 0.813. The Balaban J connectivity index is 1.80. The van der Waals surface area contributed by atoms with Crippen LogP contribution in [0.5, 0.6) is 0 Å². The summed E-state index contributed by atoms with van der Waals surface area (Å²) in [6, 6.07) is 8.64. The van der Waals surface area contributed by atoms with E-state index in [2.05, 4.69) is 91.0 Å². The molecular formula is C21H24N2. The van der Waals surface area contributed by atoms with Crippen molar-refractivity contribution in [2.24, 2.45) is 10.4 Å². The van der Waals surface area contributed by atoms with Crippen LogP contribution in [0.4, 0.5) is 0 Å². The molecule has 1 aliphatic carbocycles. The molecule has 1 aliphatic heterocycles. The van der Waals surface area contributed by atoms with Gasteiger partial charge in [0.1, 0.15) is 5.84 Å². The summed E-state index contributed by atoms with van der Waals surface area (Å²) in [5.74, 6) is 1.01. The standard InChI is InChI=1S/C21H24N2/c1-3-4-12-21(2)13-5-6-17(11-14-21)18-7-9-19(10-8-18)20-22-15-16-23-20/h4-14H,3,15-16H2,1-2H3,(H,22,23)/b12-4+. The van der Waals surface area contributed by atoms with Crippen LogP contribution >= 0.6 is 0 Å². The smallest absolute Gasteiger partial charge is 0.128 e. The molecule has 23 heavy (non-hydrogen) atoms. The Morgan fingerprint density at radius 2 is 1.96 bits per heavy atom. The van der Waals surface area contributed by atoms with Crippen molar-refractivity contribution in [1.29, 1.82) is 0 Å². The lowest BCUT2D eigenvalue weighted by Gasteiger charge is -2.15. The zero-order chi connectivity index (χ0) is 16.1. The van der Waals surface area contributed by atoms with E-state index in [1.807, 2.05) is 0 Å². The summed E-state index contributed by atoms with van der Waals surface area (Å²) in [5, 5.41) is 3.31. The summed E-state index contributed by atoms with van der Waals surface area (Å²) in [5.41, 5.74) is 3.63. The van der Waals surface area contributed by atoms with Crippen LogP contribution in [-0.4, -0.2) is 18.9 Å². The molecule has 0 amide bonds. The van der Waals surface area contributed by atoms with Gasteiger partial charge in [-0.3, -0.25) is 4.99 Å². The fourth-order valence-electron chi connectivity index (χ4n) is 2.83. The van der Waals surface area contributed by atoms with Gasteiger partial charge in [0.25, 0.3) is 0 Å². The maximum absolute atomic E-state index is 4.47. The second-order valence-electron chi connectivity index (χ2n) is 6.23. The molecule has 0 saturated heterocycles. The predicted molar refractivity (Wildman–Crippen MR) is 99.6 cm³/mol. The van der Waals surface area contributed by atoms with Crippen LogP contribution in [0.1, 0.15) is 31.4 Å². The molecule has 1 unspecified atom stereocenters. The largest absolute Gasteiger partial charge is 0.368 e. The molecule has 2 heteroatoms. The number of hydrogen-bond donors (Lipinski definition) is 1. The van der Waals surface area contributed by atoms with Gasteiger partial charge in [0.2, 0.25) is 0 Å². The average Bonchev–Trinajstić information content (AvgIpc) is 3.04. The molecular weight excluding hydrogens is 280 g/mol. The third kappa shape index (κ3) is 3.70. The second-order valence-corrected chi connectivity index (χ2v) is 6.23. The van der Waals surface area contributed by atoms with Crippen LogP contribution in [0.15, 0.2) is 71.8 Å². The number of aliphatic imine (C=N–C) groups is 1. The second kappa shape index (κ2) is 6.82. The van der Waals surface area contributed by atoms with Gasteiger partial charge < -0.3 is 5.32 Å². The Hall–Kier alpha value is -2.35. The van der Waals surface area contributed by atoms with Crippen molar-refractivity contribution in [3.05, 3.63) is 77.9 Å². The number of hydrogen-bond acceptors (Lipinski definition) is 2. The molecule has 118 valence electrons. The topological polar surface area (TPSA) is 24.4 Å². The van der Waals surface area contributed by atoms with Crippen LogP contribution in [0, 0.1) is 5.41 Å². The molecule has 0 fully saturated rings. The molecule has 0 saturated carbocycles. The number of nitrogens with one attached hydrogen (secondary N) is 1. The van der Waals surface area contributed by atoms with E-state index in [9.17, 15) is 0 Å². The first-order chi connectivity index (χ1) is 11.2. The minimum atomic E-state index is -0.00327. The van der Waals surface area contributed by atoms with Gasteiger partial charge in [-0.15, -0.1) is 0 Å². The third-order valence-corrected chi connectivity index (χ3v) is 4.23. The van der Waals surface area contributed by atoms with Gasteiger partial charge >= 0.3 is 0 Å². The number of rotatable bonds is 4. The fraction of sp³-hybridized carbons (Fsp3) is 0.286. The predicted octanol–water partition coefficient (Wildman–Crippen LogP) is 4.52. The van der Waals surface area contributed by atoms with E-state index in [0.29, 0.717) is 0 Å². The molecule has 0 aromatic heterocycles. The van der Waals surface area contributed by atoms with E-state index in [-0.39, 0.29) is 5.41 Å². The van der Waals surface area contributed by atoms with Gasteiger partial charge in [-0.25, -0.2) is 0 Å². The van der Waals surface area contributed by atoms with Gasteiger partial charge in [0, 0.05) is 17.5 Å². The Morgan fingerprint density at radius 1 is 1.17 bits per heavy atom. The van der Waals surface area contributed by atoms with Crippen LogP contribution in [0.3, 0.4) is 0 Å². The van der Waals surface area contributed by atoms with Crippen molar-refractivity contribution in [2.75, 3.05) is 13.1 Å². The summed E-state index contributed by atoms with van der Waals surface area (Å²) in [4.78, 5) is 4.47. The van der Waals surface area contributed by atoms with Gasteiger partial charge in [-0.1, -0.05) is 73.7 Å². The highest BCUT2D eigenvalue weighted by Gasteiger charge is 2.14. The normalized spacial score (nSPS) is 23.6. The third-order valence-electron chi connectivity index (χ3n) is 4.23. The number of amidine groups is 1. The first-order valence-electron chi connectivity index (χ1n) is 8.36. The van der Waals surface area contributed by atoms with Crippen molar-refractivity contribution in [2.45, 2.75) is 20.3 Å². The highest BCUT2D eigenvalue weighted by molar-refractivity contribution is 6.00. The van der Waals surface area contributed by atoms with Crippen LogP contribution in [0.2, 0.25) is 0 Å². The molecule has 1 aromatic rings. The lowest BCUT2D eigenvalue weighted by molar-refractivity contribution is 0.714. The van der Waals surface area contributed by atoms with Gasteiger partial charge in [-0.05, 0) is 24.5 Å². The number of benzene rings is 1. The summed E-state index contributed by atoms with van der Waals surface area (Å²) in [6.45, 7) is 6.22. The first kappa shape index (κ1) is 15.5. The van der Waals surface area contributed by atoms with Crippen molar-refractivity contribution < 1.29 is 0 Å². The summed E-state index contributed by atoms with van der Waals surface area (Å²) >= 11 is 0. The molecule has 2 nitrogen and oxygen atoms in total. The van der Waals surface area contributed by atoms with Crippen LogP contribution in [-0.2, 0) is 0 Å². The van der Waals surface area contributed by atoms with Gasteiger partial charge in [-0.2, -0.15) is 0 Å². The van der Waals surface area contributed by atoms with Gasteiger partial charge in [0.15, 0.2) is 0 Å². The van der Waals surface area contributed by atoms with E-state index in [0.717, 1.165) is 30.9 Å². The maximum atomic E-state index is 4.47. The highest BCUT2D eigenvalue weighted by Crippen LogP contribution is 2.29. The average molecular weight is 304 g/mol. The Morgan fingerprint density at radius 3 is 2.65 bits per heavy atom. The van der Waals surface area contributed by atoms with Crippen molar-refractivity contribution in [3.63, 3.8) is 0 Å². The monoisotopic (exact) mass is 304 g/mol. The molecule has 1 N–H and O–H groups in total. The zero-order valence-electron chi connectivity index (χ0n) is 13.9. The van der Waals surface area contributed by atoms with Crippen LogP contribution < -0.4 is 5.32 Å². The minimum absolute atomic E-state index is 0.00327. The van der Waals surface area contributed by atoms with E-state index in [1.165, 1.54) is 11.1 Å². The van der Waals surface area contributed by atoms with E-state index in [1.54, 1.807) is 0 Å². The van der Waals surface area contributed by atoms with Gasteiger partial charge in [0.05, 0.1) is 6.54 Å². The Kier molecular flexibility index (Phi) is 4.61. The maximum Gasteiger partial charge on any atom is 0.128 e. The van der Waals surface area contributed by atoms with Crippen molar-refractivity contribution in [3.8, 4) is 0 Å². The summed E-state index contributed by atoms with van der Waals surface area (Å²) in [6.07, 6.45) is 16.6. The van der Waals surface area contributed by atoms with E-state index >= 15 is 0 Å². The number of nitrogens with zero attached hydrogens (tertiary/aromatic N) is 1. The molecule has 0 bridgehead atoms. The molecule has 1 atom stereocenters. The molecule has 0 radical (unpaired) electrons. The van der Waals surface area contributed by atoms with Crippen LogP contribution in [0.25, 0.3) is 5.57 Å². The molecule has 2 aliphatic rings.